The van der Waals surface area contributed by atoms with E-state index < -0.39 is 17.7 Å². The summed E-state index contributed by atoms with van der Waals surface area (Å²) in [5, 5.41) is 7.07. The normalized spacial score (nSPS) is 14.1. The molecule has 164 valence electrons. The predicted molar refractivity (Wildman–Crippen MR) is 124 cm³/mol. The molecule has 3 atom stereocenters. The van der Waals surface area contributed by atoms with Crippen LogP contribution in [0.5, 0.6) is 0 Å². The van der Waals surface area contributed by atoms with Crippen molar-refractivity contribution in [1.29, 1.82) is 0 Å². The van der Waals surface area contributed by atoms with Gasteiger partial charge in [0.15, 0.2) is 16.7 Å². The van der Waals surface area contributed by atoms with Crippen molar-refractivity contribution in [1.82, 2.24) is 15.5 Å². The lowest BCUT2D eigenvalue weighted by Gasteiger charge is -2.38. The van der Waals surface area contributed by atoms with Crippen molar-refractivity contribution in [2.45, 2.75) is 52.2 Å². The molecule has 0 aromatic heterocycles. The van der Waals surface area contributed by atoms with Crippen LogP contribution in [-0.4, -0.2) is 29.6 Å². The molecule has 2 rings (SSSR count). The number of thiocarbonyl (C=S) groups is 1. The van der Waals surface area contributed by atoms with E-state index in [4.69, 9.17) is 12.2 Å². The summed E-state index contributed by atoms with van der Waals surface area (Å²) in [5.41, 5.74) is 1.43. The zero-order valence-corrected chi connectivity index (χ0v) is 19.1. The zero-order valence-electron chi connectivity index (χ0n) is 18.3. The number of nitrogens with one attached hydrogen (secondary N) is 2. The minimum atomic E-state index is -0.847. The fourth-order valence-electron chi connectivity index (χ4n) is 3.82. The molecule has 30 heavy (non-hydrogen) atoms. The average molecular weight is 434 g/mol. The molecule has 0 saturated heterocycles. The van der Waals surface area contributed by atoms with Crippen molar-refractivity contribution in [2.24, 2.45) is 5.92 Å². The maximum Gasteiger partial charge on any atom is 0.169 e. The summed E-state index contributed by atoms with van der Waals surface area (Å²) < 4.78 is 28.0. The van der Waals surface area contributed by atoms with Gasteiger partial charge in [-0.1, -0.05) is 62.7 Å². The zero-order chi connectivity index (χ0) is 22.1. The highest BCUT2D eigenvalue weighted by Crippen LogP contribution is 2.23. The highest BCUT2D eigenvalue weighted by Gasteiger charge is 2.27. The Hall–Kier alpha value is -2.05. The number of benzene rings is 2. The van der Waals surface area contributed by atoms with Gasteiger partial charge in [-0.2, -0.15) is 0 Å². The first kappa shape index (κ1) is 24.2. The second-order valence-electron chi connectivity index (χ2n) is 7.82. The highest BCUT2D eigenvalue weighted by atomic mass is 32.1. The van der Waals surface area contributed by atoms with E-state index in [2.05, 4.69) is 41.5 Å². The van der Waals surface area contributed by atoms with E-state index in [1.807, 2.05) is 25.2 Å². The molecule has 3 unspecified atom stereocenters. The number of halogens is 2. The van der Waals surface area contributed by atoms with Gasteiger partial charge in [-0.15, -0.1) is 0 Å². The minimum Gasteiger partial charge on any atom is -0.356 e. The summed E-state index contributed by atoms with van der Waals surface area (Å²) in [5.74, 6) is -1.32. The molecule has 0 aliphatic heterocycles. The molecule has 3 nitrogen and oxygen atoms in total. The number of nitrogens with zero attached hydrogens (tertiary/aromatic N) is 1. The molecule has 0 heterocycles. The van der Waals surface area contributed by atoms with Crippen LogP contribution >= 0.6 is 12.2 Å². The predicted octanol–water partition coefficient (Wildman–Crippen LogP) is 5.43. The lowest BCUT2D eigenvalue weighted by atomic mass is 9.95. The van der Waals surface area contributed by atoms with Crippen LogP contribution in [0.25, 0.3) is 0 Å². The van der Waals surface area contributed by atoms with Crippen molar-refractivity contribution in [3.8, 4) is 0 Å². The molecule has 2 N–H and O–H groups in total. The van der Waals surface area contributed by atoms with Crippen LogP contribution in [0, 0.1) is 17.6 Å². The van der Waals surface area contributed by atoms with E-state index >= 15 is 0 Å². The second kappa shape index (κ2) is 12.0. The van der Waals surface area contributed by atoms with Crippen molar-refractivity contribution in [3.05, 3.63) is 71.3 Å². The van der Waals surface area contributed by atoms with Crippen molar-refractivity contribution >= 4 is 17.3 Å². The smallest absolute Gasteiger partial charge is 0.169 e. The summed E-state index contributed by atoms with van der Waals surface area (Å²) >= 11 is 5.80. The molecule has 0 spiro atoms. The largest absolute Gasteiger partial charge is 0.356 e. The lowest BCUT2D eigenvalue weighted by molar-refractivity contribution is 0.210. The third-order valence-electron chi connectivity index (χ3n) is 5.41. The summed E-state index contributed by atoms with van der Waals surface area (Å²) in [6, 6.07) is 14.2. The Bertz CT molecular complexity index is 800. The summed E-state index contributed by atoms with van der Waals surface area (Å²) in [6.07, 6.45) is 2.01. The molecular weight excluding hydrogens is 400 g/mol. The number of hydrogen-bond donors (Lipinski definition) is 2. The van der Waals surface area contributed by atoms with E-state index in [9.17, 15) is 8.78 Å². The Morgan fingerprint density at radius 1 is 1.07 bits per heavy atom. The summed E-state index contributed by atoms with van der Waals surface area (Å²) in [7, 11) is 1.95. The van der Waals surface area contributed by atoms with Crippen LogP contribution in [0.3, 0.4) is 0 Å². The topological polar surface area (TPSA) is 27.3 Å². The van der Waals surface area contributed by atoms with Gasteiger partial charge in [0.05, 0.1) is 6.04 Å². The molecule has 0 saturated carbocycles. The Morgan fingerprint density at radius 2 is 1.77 bits per heavy atom. The highest BCUT2D eigenvalue weighted by molar-refractivity contribution is 7.80. The second-order valence-corrected chi connectivity index (χ2v) is 8.21. The molecule has 0 fully saturated rings. The Balaban J connectivity index is 2.29. The van der Waals surface area contributed by atoms with Crippen LogP contribution in [0.2, 0.25) is 0 Å². The van der Waals surface area contributed by atoms with Crippen LogP contribution < -0.4 is 10.6 Å². The van der Waals surface area contributed by atoms with Gasteiger partial charge in [0.25, 0.3) is 0 Å². The minimum absolute atomic E-state index is 0.215. The van der Waals surface area contributed by atoms with Gasteiger partial charge in [-0.25, -0.2) is 8.78 Å². The molecule has 0 aliphatic carbocycles. The van der Waals surface area contributed by atoms with Crippen LogP contribution in [-0.2, 0) is 6.54 Å². The first-order valence-electron chi connectivity index (χ1n) is 10.6. The monoisotopic (exact) mass is 433 g/mol. The van der Waals surface area contributed by atoms with E-state index in [0.717, 1.165) is 31.0 Å². The standard InChI is InChI=1S/C24H33F2N3S/c1-5-10-22(17(2)15-27-4)29(16-19-11-7-6-8-12-19)24(30)28-18(3)20-13-9-14-21(25)23(20)26/h6-9,11-14,17-18,22,27H,5,10,15-16H2,1-4H3,(H,28,30). The van der Waals surface area contributed by atoms with Gasteiger partial charge in [-0.05, 0) is 56.7 Å². The first-order valence-corrected chi connectivity index (χ1v) is 11.0. The van der Waals surface area contributed by atoms with E-state index in [-0.39, 0.29) is 11.6 Å². The Morgan fingerprint density at radius 3 is 2.40 bits per heavy atom. The van der Waals surface area contributed by atoms with Gasteiger partial charge >= 0.3 is 0 Å². The average Bonchev–Trinajstić information content (AvgIpc) is 2.73. The molecule has 2 aromatic rings. The Kier molecular flexibility index (Phi) is 9.66. The van der Waals surface area contributed by atoms with Gasteiger partial charge in [0.2, 0.25) is 0 Å². The van der Waals surface area contributed by atoms with Crippen molar-refractivity contribution < 1.29 is 8.78 Å². The quantitative estimate of drug-likeness (QED) is 0.489. The lowest BCUT2D eigenvalue weighted by Crippen LogP contribution is -2.50. The van der Waals surface area contributed by atoms with Gasteiger partial charge in [-0.3, -0.25) is 0 Å². The molecule has 0 amide bonds. The molecule has 0 radical (unpaired) electrons. The molecular formula is C24H33F2N3S. The molecule has 0 aliphatic rings. The maximum atomic E-state index is 14.3. The van der Waals surface area contributed by atoms with Crippen LogP contribution in [0.15, 0.2) is 48.5 Å². The van der Waals surface area contributed by atoms with E-state index in [1.165, 1.54) is 6.07 Å². The number of hydrogen-bond acceptors (Lipinski definition) is 2. The molecule has 0 bridgehead atoms. The fraction of sp³-hybridized carbons (Fsp3) is 0.458. The van der Waals surface area contributed by atoms with Crippen LogP contribution in [0.1, 0.15) is 50.8 Å². The third kappa shape index (κ3) is 6.47. The van der Waals surface area contributed by atoms with Crippen LogP contribution in [0.4, 0.5) is 8.78 Å². The number of rotatable bonds is 10. The van der Waals surface area contributed by atoms with E-state index in [1.54, 1.807) is 13.0 Å². The van der Waals surface area contributed by atoms with Crippen molar-refractivity contribution in [3.63, 3.8) is 0 Å². The third-order valence-corrected chi connectivity index (χ3v) is 5.76. The SMILES string of the molecule is CCCC(C(C)CNC)N(Cc1ccccc1)C(=S)NC(C)c1cccc(F)c1F. The first-order chi connectivity index (χ1) is 14.4. The summed E-state index contributed by atoms with van der Waals surface area (Å²) in [4.78, 5) is 2.20. The maximum absolute atomic E-state index is 14.3. The van der Waals surface area contributed by atoms with Gasteiger partial charge in [0.1, 0.15) is 0 Å². The molecule has 6 heteroatoms. The van der Waals surface area contributed by atoms with Crippen molar-refractivity contribution in [2.75, 3.05) is 13.6 Å². The van der Waals surface area contributed by atoms with E-state index in [0.29, 0.717) is 17.6 Å². The fourth-order valence-corrected chi connectivity index (χ4v) is 4.20. The Labute approximate surface area is 184 Å². The van der Waals surface area contributed by atoms with Gasteiger partial charge in [0, 0.05) is 18.2 Å². The molecule has 2 aromatic carbocycles. The van der Waals surface area contributed by atoms with Gasteiger partial charge < -0.3 is 15.5 Å². The summed E-state index contributed by atoms with van der Waals surface area (Å²) in [6.45, 7) is 7.71.